The van der Waals surface area contributed by atoms with E-state index in [1.54, 1.807) is 23.7 Å². The minimum atomic E-state index is -0.712. The summed E-state index contributed by atoms with van der Waals surface area (Å²) in [5.74, 6) is -0.961. The minimum Gasteiger partial charge on any atom is -0.368 e. The molecule has 2 atom stereocenters. The van der Waals surface area contributed by atoms with E-state index < -0.39 is 11.9 Å². The molecular weight excluding hydrogens is 328 g/mol. The van der Waals surface area contributed by atoms with Gasteiger partial charge in [0.1, 0.15) is 6.04 Å². The van der Waals surface area contributed by atoms with Crippen LogP contribution >= 0.6 is 11.6 Å². The average molecular weight is 349 g/mol. The Morgan fingerprint density at radius 2 is 2.12 bits per heavy atom. The molecule has 2 aromatic rings. The molecule has 0 aliphatic rings. The van der Waals surface area contributed by atoms with Crippen LogP contribution in [0.5, 0.6) is 0 Å². The number of nitrogens with two attached hydrogens (primary N) is 1. The normalized spacial score (nSPS) is 13.3. The van der Waals surface area contributed by atoms with E-state index in [2.05, 4.69) is 10.4 Å². The third kappa shape index (κ3) is 3.76. The molecule has 0 saturated carbocycles. The van der Waals surface area contributed by atoms with Crippen molar-refractivity contribution in [2.75, 3.05) is 0 Å². The summed E-state index contributed by atoms with van der Waals surface area (Å²) in [5.41, 5.74) is 7.21. The van der Waals surface area contributed by atoms with Crippen LogP contribution in [0.4, 0.5) is 0 Å². The Kier molecular flexibility index (Phi) is 5.62. The van der Waals surface area contributed by atoms with Gasteiger partial charge in [0.15, 0.2) is 0 Å². The Morgan fingerprint density at radius 3 is 2.71 bits per heavy atom. The van der Waals surface area contributed by atoms with Gasteiger partial charge in [-0.05, 0) is 31.0 Å². The third-order valence-corrected chi connectivity index (χ3v) is 4.35. The second kappa shape index (κ2) is 7.49. The van der Waals surface area contributed by atoms with Crippen molar-refractivity contribution < 1.29 is 9.59 Å². The van der Waals surface area contributed by atoms with Crippen molar-refractivity contribution >= 4 is 23.4 Å². The molecule has 0 spiro atoms. The zero-order chi connectivity index (χ0) is 17.9. The van der Waals surface area contributed by atoms with Gasteiger partial charge in [0.2, 0.25) is 5.91 Å². The van der Waals surface area contributed by atoms with Gasteiger partial charge >= 0.3 is 0 Å². The smallest absolute Gasteiger partial charge is 0.255 e. The second-order valence-corrected chi connectivity index (χ2v) is 6.21. The molecule has 24 heavy (non-hydrogen) atoms. The molecule has 2 rings (SSSR count). The number of halogens is 1. The monoisotopic (exact) mass is 348 g/mol. The molecular formula is C17H21ClN4O2. The fourth-order valence-corrected chi connectivity index (χ4v) is 2.63. The molecule has 1 heterocycles. The fraction of sp³-hybridized carbons (Fsp3) is 0.353. The Labute approximate surface area is 146 Å². The fourth-order valence-electron chi connectivity index (χ4n) is 2.45. The number of rotatable bonds is 6. The highest BCUT2D eigenvalue weighted by molar-refractivity contribution is 6.30. The predicted octanol–water partition coefficient (Wildman–Crippen LogP) is 2.46. The van der Waals surface area contributed by atoms with Gasteiger partial charge in [0.05, 0.1) is 23.1 Å². The van der Waals surface area contributed by atoms with Gasteiger partial charge in [-0.3, -0.25) is 9.59 Å². The van der Waals surface area contributed by atoms with Crippen LogP contribution in [0.3, 0.4) is 0 Å². The van der Waals surface area contributed by atoms with E-state index in [-0.39, 0.29) is 11.8 Å². The van der Waals surface area contributed by atoms with Gasteiger partial charge in [-0.2, -0.15) is 5.10 Å². The zero-order valence-corrected chi connectivity index (χ0v) is 14.7. The second-order valence-electron chi connectivity index (χ2n) is 5.77. The van der Waals surface area contributed by atoms with Crippen LogP contribution in [-0.4, -0.2) is 27.6 Å². The Balaban J connectivity index is 2.27. The summed E-state index contributed by atoms with van der Waals surface area (Å²) >= 11 is 6.00. The van der Waals surface area contributed by atoms with Crippen LogP contribution < -0.4 is 11.1 Å². The summed E-state index contributed by atoms with van der Waals surface area (Å²) in [4.78, 5) is 24.1. The van der Waals surface area contributed by atoms with Gasteiger partial charge in [0, 0.05) is 5.02 Å². The lowest BCUT2D eigenvalue weighted by atomic mass is 9.98. The van der Waals surface area contributed by atoms with Crippen LogP contribution in [0.15, 0.2) is 30.5 Å². The van der Waals surface area contributed by atoms with Crippen molar-refractivity contribution in [1.82, 2.24) is 15.1 Å². The van der Waals surface area contributed by atoms with Gasteiger partial charge in [-0.15, -0.1) is 0 Å². The summed E-state index contributed by atoms with van der Waals surface area (Å²) in [6.07, 6.45) is 2.20. The van der Waals surface area contributed by atoms with Gasteiger partial charge in [0.25, 0.3) is 5.91 Å². The number of aromatic nitrogens is 2. The lowest BCUT2D eigenvalue weighted by molar-refractivity contribution is -0.120. The summed E-state index contributed by atoms with van der Waals surface area (Å²) < 4.78 is 1.63. The number of primary amides is 1. The number of hydrogen-bond donors (Lipinski definition) is 2. The summed E-state index contributed by atoms with van der Waals surface area (Å²) in [7, 11) is 0. The van der Waals surface area contributed by atoms with Crippen molar-refractivity contribution in [2.45, 2.75) is 33.2 Å². The molecule has 128 valence electrons. The molecule has 2 amide bonds. The number of nitrogens with zero attached hydrogens (tertiary/aromatic N) is 2. The number of benzene rings is 1. The standard InChI is InChI=1S/C17H21ClN4O2/c1-4-10(2)15(16(19)23)21-17(24)14-9-20-22(11(14)3)13-7-5-6-12(18)8-13/h5-10,15H,4H2,1-3H3,(H2,19,23)(H,21,24). The van der Waals surface area contributed by atoms with Crippen LogP contribution in [-0.2, 0) is 4.79 Å². The third-order valence-electron chi connectivity index (χ3n) is 4.11. The lowest BCUT2D eigenvalue weighted by Crippen LogP contribution is -2.48. The van der Waals surface area contributed by atoms with E-state index >= 15 is 0 Å². The number of carbonyl (C=O) groups excluding carboxylic acids is 2. The Morgan fingerprint density at radius 1 is 1.42 bits per heavy atom. The quantitative estimate of drug-likeness (QED) is 0.840. The highest BCUT2D eigenvalue weighted by Crippen LogP contribution is 2.18. The molecule has 6 nitrogen and oxygen atoms in total. The van der Waals surface area contributed by atoms with E-state index in [1.165, 1.54) is 6.20 Å². The van der Waals surface area contributed by atoms with E-state index in [0.29, 0.717) is 16.3 Å². The van der Waals surface area contributed by atoms with Gasteiger partial charge in [-0.1, -0.05) is 37.9 Å². The molecule has 7 heteroatoms. The van der Waals surface area contributed by atoms with Crippen LogP contribution in [0, 0.1) is 12.8 Å². The first kappa shape index (κ1) is 18.0. The van der Waals surface area contributed by atoms with E-state index in [9.17, 15) is 9.59 Å². The Bertz CT molecular complexity index is 757. The largest absolute Gasteiger partial charge is 0.368 e. The van der Waals surface area contributed by atoms with Gasteiger partial charge in [-0.25, -0.2) is 4.68 Å². The molecule has 0 fully saturated rings. The van der Waals surface area contributed by atoms with Crippen molar-refractivity contribution in [2.24, 2.45) is 11.7 Å². The molecule has 1 aromatic heterocycles. The molecule has 0 bridgehead atoms. The first-order valence-electron chi connectivity index (χ1n) is 7.75. The molecule has 0 saturated heterocycles. The summed E-state index contributed by atoms with van der Waals surface area (Å²) in [6, 6.07) is 6.47. The van der Waals surface area contributed by atoms with Crippen molar-refractivity contribution in [3.63, 3.8) is 0 Å². The van der Waals surface area contributed by atoms with E-state index in [4.69, 9.17) is 17.3 Å². The maximum Gasteiger partial charge on any atom is 0.255 e. The molecule has 0 radical (unpaired) electrons. The van der Waals surface area contributed by atoms with Crippen LogP contribution in [0.1, 0.15) is 36.3 Å². The maximum absolute atomic E-state index is 12.5. The first-order chi connectivity index (χ1) is 11.3. The summed E-state index contributed by atoms with van der Waals surface area (Å²) in [5, 5.41) is 7.54. The predicted molar refractivity (Wildman–Crippen MR) is 93.2 cm³/mol. The number of carbonyl (C=O) groups is 2. The maximum atomic E-state index is 12.5. The summed E-state index contributed by atoms with van der Waals surface area (Å²) in [6.45, 7) is 5.60. The molecule has 0 aliphatic carbocycles. The van der Waals surface area contributed by atoms with E-state index in [0.717, 1.165) is 12.1 Å². The van der Waals surface area contributed by atoms with Crippen LogP contribution in [0.25, 0.3) is 5.69 Å². The van der Waals surface area contributed by atoms with Crippen molar-refractivity contribution in [1.29, 1.82) is 0 Å². The topological polar surface area (TPSA) is 90.0 Å². The highest BCUT2D eigenvalue weighted by atomic mass is 35.5. The highest BCUT2D eigenvalue weighted by Gasteiger charge is 2.25. The first-order valence-corrected chi connectivity index (χ1v) is 8.13. The molecule has 3 N–H and O–H groups in total. The number of hydrogen-bond acceptors (Lipinski definition) is 3. The molecule has 1 aromatic carbocycles. The molecule has 0 aliphatic heterocycles. The average Bonchev–Trinajstić information content (AvgIpc) is 2.93. The molecule has 2 unspecified atom stereocenters. The lowest BCUT2D eigenvalue weighted by Gasteiger charge is -2.21. The van der Waals surface area contributed by atoms with Crippen LogP contribution in [0.2, 0.25) is 5.02 Å². The number of amides is 2. The zero-order valence-electron chi connectivity index (χ0n) is 13.9. The van der Waals surface area contributed by atoms with E-state index in [1.807, 2.05) is 26.0 Å². The SMILES string of the molecule is CCC(C)C(NC(=O)c1cnn(-c2cccc(Cl)c2)c1C)C(N)=O. The Hall–Kier alpha value is -2.34. The van der Waals surface area contributed by atoms with Crippen molar-refractivity contribution in [3.05, 3.63) is 46.7 Å². The van der Waals surface area contributed by atoms with Gasteiger partial charge < -0.3 is 11.1 Å². The van der Waals surface area contributed by atoms with Crippen molar-refractivity contribution in [3.8, 4) is 5.69 Å². The minimum absolute atomic E-state index is 0.0465. The number of nitrogens with one attached hydrogen (secondary N) is 1.